The van der Waals surface area contributed by atoms with E-state index in [2.05, 4.69) is 10.6 Å². The summed E-state index contributed by atoms with van der Waals surface area (Å²) < 4.78 is 5.78. The molecule has 4 bridgehead atoms. The predicted octanol–water partition coefficient (Wildman–Crippen LogP) is 3.30. The first-order valence-electron chi connectivity index (χ1n) is 9.80. The van der Waals surface area contributed by atoms with Gasteiger partial charge in [-0.15, -0.1) is 11.6 Å². The lowest BCUT2D eigenvalue weighted by Gasteiger charge is -2.58. The van der Waals surface area contributed by atoms with Crippen LogP contribution in [-0.2, 0) is 14.3 Å². The molecule has 3 atom stereocenters. The van der Waals surface area contributed by atoms with Crippen molar-refractivity contribution in [1.29, 1.82) is 0 Å². The summed E-state index contributed by atoms with van der Waals surface area (Å²) in [4.78, 5) is 37.3. The molecule has 7 heteroatoms. The van der Waals surface area contributed by atoms with Crippen molar-refractivity contribution in [2.75, 3.05) is 7.05 Å². The number of rotatable bonds is 4. The highest BCUT2D eigenvalue weighted by molar-refractivity contribution is 6.24. The van der Waals surface area contributed by atoms with E-state index in [1.807, 2.05) is 6.07 Å². The normalized spacial score (nSPS) is 33.8. The second-order valence-corrected chi connectivity index (χ2v) is 9.46. The molecule has 5 rings (SSSR count). The van der Waals surface area contributed by atoms with E-state index in [4.69, 9.17) is 16.3 Å². The minimum atomic E-state index is -1.18. The number of amides is 3. The van der Waals surface area contributed by atoms with Gasteiger partial charge in [0.2, 0.25) is 6.10 Å². The van der Waals surface area contributed by atoms with Crippen molar-refractivity contribution in [1.82, 2.24) is 10.6 Å². The van der Waals surface area contributed by atoms with Crippen LogP contribution in [0.1, 0.15) is 50.2 Å². The first kappa shape index (κ1) is 19.2. The van der Waals surface area contributed by atoms with Crippen molar-refractivity contribution < 1.29 is 19.1 Å². The Labute approximate surface area is 169 Å². The lowest BCUT2D eigenvalue weighted by molar-refractivity contribution is -0.178. The number of nitrogens with one attached hydrogen (secondary N) is 2. The van der Waals surface area contributed by atoms with E-state index in [9.17, 15) is 14.4 Å². The molecule has 4 fully saturated rings. The number of hydrogen-bond acceptors (Lipinski definition) is 4. The number of urea groups is 1. The lowest BCUT2D eigenvalue weighted by atomic mass is 9.49. The first-order chi connectivity index (χ1) is 13.3. The minimum absolute atomic E-state index is 0.324. The van der Waals surface area contributed by atoms with Gasteiger partial charge in [0.25, 0.3) is 5.91 Å². The molecule has 4 aliphatic rings. The molecule has 0 radical (unpaired) electrons. The monoisotopic (exact) mass is 404 g/mol. The van der Waals surface area contributed by atoms with Gasteiger partial charge in [-0.3, -0.25) is 14.9 Å². The van der Waals surface area contributed by atoms with Gasteiger partial charge in [-0.05, 0) is 50.4 Å². The van der Waals surface area contributed by atoms with Gasteiger partial charge < -0.3 is 10.1 Å². The molecule has 0 spiro atoms. The van der Waals surface area contributed by atoms with Crippen LogP contribution in [0.15, 0.2) is 30.3 Å². The number of alkyl halides is 1. The molecule has 0 aliphatic heterocycles. The summed E-state index contributed by atoms with van der Waals surface area (Å²) in [5, 5.41) is 4.56. The molecule has 4 saturated carbocycles. The van der Waals surface area contributed by atoms with E-state index in [0.717, 1.165) is 32.1 Å². The first-order valence-corrected chi connectivity index (χ1v) is 10.2. The second-order valence-electron chi connectivity index (χ2n) is 8.66. The highest BCUT2D eigenvalue weighted by Crippen LogP contribution is 2.64. The number of esters is 1. The summed E-state index contributed by atoms with van der Waals surface area (Å²) in [6, 6.07) is 8.13. The van der Waals surface area contributed by atoms with Gasteiger partial charge in [0.15, 0.2) is 0 Å². The van der Waals surface area contributed by atoms with Crippen LogP contribution in [0.3, 0.4) is 0 Å². The third kappa shape index (κ3) is 3.50. The molecular formula is C21H25ClN2O4. The fourth-order valence-corrected chi connectivity index (χ4v) is 6.45. The summed E-state index contributed by atoms with van der Waals surface area (Å²) >= 11 is 6.83. The smallest absolute Gasteiger partial charge is 0.321 e. The van der Waals surface area contributed by atoms with Gasteiger partial charge in [0.05, 0.1) is 5.41 Å². The van der Waals surface area contributed by atoms with Gasteiger partial charge in [-0.25, -0.2) is 4.79 Å². The number of benzene rings is 1. The summed E-state index contributed by atoms with van der Waals surface area (Å²) in [6.07, 6.45) is 4.02. The van der Waals surface area contributed by atoms with Crippen LogP contribution in [0, 0.1) is 17.3 Å². The number of imide groups is 1. The summed E-state index contributed by atoms with van der Waals surface area (Å²) in [7, 11) is 1.42. The molecule has 3 amide bonds. The SMILES string of the molecule is CNC(=O)NC(=O)[C@@H](OC(=O)C12C[C@H]3C[C@@H](CC(Cl)(C3)C1)C2)c1ccccc1. The topological polar surface area (TPSA) is 84.5 Å². The zero-order valence-electron chi connectivity index (χ0n) is 15.9. The van der Waals surface area contributed by atoms with Gasteiger partial charge >= 0.3 is 12.0 Å². The number of halogens is 1. The van der Waals surface area contributed by atoms with E-state index >= 15 is 0 Å². The maximum absolute atomic E-state index is 13.3. The Morgan fingerprint density at radius 2 is 1.75 bits per heavy atom. The van der Waals surface area contributed by atoms with Crippen LogP contribution in [-0.4, -0.2) is 29.8 Å². The molecule has 1 aromatic rings. The molecule has 4 aliphatic carbocycles. The zero-order chi connectivity index (χ0) is 19.9. The average molecular weight is 405 g/mol. The molecule has 1 aromatic carbocycles. The third-order valence-electron chi connectivity index (χ3n) is 6.45. The molecule has 0 heterocycles. The number of carbonyl (C=O) groups excluding carboxylic acids is 3. The number of carbonyl (C=O) groups is 3. The van der Waals surface area contributed by atoms with Crippen molar-refractivity contribution in [3.8, 4) is 0 Å². The Balaban J connectivity index is 1.57. The van der Waals surface area contributed by atoms with E-state index in [-0.39, 0.29) is 10.8 Å². The predicted molar refractivity (Wildman–Crippen MR) is 104 cm³/mol. The fraction of sp³-hybridized carbons (Fsp3) is 0.571. The van der Waals surface area contributed by atoms with Gasteiger partial charge in [-0.1, -0.05) is 30.3 Å². The molecular weight excluding hydrogens is 380 g/mol. The summed E-state index contributed by atoms with van der Waals surface area (Å²) in [5.74, 6) is -0.140. The minimum Gasteiger partial charge on any atom is -0.447 e. The standard InChI is InChI=1S/C21H25ClN2O4/c1-23-19(27)24-17(25)16(15-5-3-2-4-6-15)28-18(26)20-8-13-7-14(9-20)11-21(22,10-13)12-20/h2-6,13-14,16H,7-12H2,1H3,(H2,23,24,25,27)/t13-,14-,16+,20?,21?/m1/s1. The summed E-state index contributed by atoms with van der Waals surface area (Å²) in [5.41, 5.74) is -0.0887. The highest BCUT2D eigenvalue weighted by Gasteiger charge is 2.61. The van der Waals surface area contributed by atoms with Crippen LogP contribution in [0.25, 0.3) is 0 Å². The van der Waals surface area contributed by atoms with Crippen molar-refractivity contribution in [3.63, 3.8) is 0 Å². The number of hydrogen-bond donors (Lipinski definition) is 2. The lowest BCUT2D eigenvalue weighted by Crippen LogP contribution is -2.56. The summed E-state index contributed by atoms with van der Waals surface area (Å²) in [6.45, 7) is 0. The van der Waals surface area contributed by atoms with Crippen LogP contribution in [0.2, 0.25) is 0 Å². The van der Waals surface area contributed by atoms with Crippen molar-refractivity contribution >= 4 is 29.5 Å². The van der Waals surface area contributed by atoms with Crippen LogP contribution >= 0.6 is 11.6 Å². The molecule has 6 nitrogen and oxygen atoms in total. The molecule has 150 valence electrons. The molecule has 0 saturated heterocycles. The molecule has 28 heavy (non-hydrogen) atoms. The Bertz CT molecular complexity index is 783. The van der Waals surface area contributed by atoms with Gasteiger partial charge in [0, 0.05) is 17.5 Å². The highest BCUT2D eigenvalue weighted by atomic mass is 35.5. The van der Waals surface area contributed by atoms with Crippen LogP contribution in [0.5, 0.6) is 0 Å². The fourth-order valence-electron chi connectivity index (χ4n) is 5.76. The third-order valence-corrected chi connectivity index (χ3v) is 6.89. The Hall–Kier alpha value is -2.08. The van der Waals surface area contributed by atoms with Crippen LogP contribution in [0.4, 0.5) is 4.79 Å². The van der Waals surface area contributed by atoms with Gasteiger partial charge in [-0.2, -0.15) is 0 Å². The second kappa shape index (κ2) is 7.07. The molecule has 0 aromatic heterocycles. The Morgan fingerprint density at radius 1 is 1.11 bits per heavy atom. The van der Waals surface area contributed by atoms with Crippen molar-refractivity contribution in [3.05, 3.63) is 35.9 Å². The van der Waals surface area contributed by atoms with E-state index in [1.54, 1.807) is 24.3 Å². The van der Waals surface area contributed by atoms with E-state index < -0.39 is 23.5 Å². The van der Waals surface area contributed by atoms with Crippen molar-refractivity contribution in [2.45, 2.75) is 49.5 Å². The largest absolute Gasteiger partial charge is 0.447 e. The number of ether oxygens (including phenoxy) is 1. The maximum atomic E-state index is 13.3. The van der Waals surface area contributed by atoms with E-state index in [0.29, 0.717) is 23.8 Å². The Morgan fingerprint density at radius 3 is 2.32 bits per heavy atom. The van der Waals surface area contributed by atoms with Crippen LogP contribution < -0.4 is 10.6 Å². The zero-order valence-corrected chi connectivity index (χ0v) is 16.6. The average Bonchev–Trinajstić information content (AvgIpc) is 2.64. The Kier molecular flexibility index (Phi) is 4.86. The quantitative estimate of drug-likeness (QED) is 0.595. The van der Waals surface area contributed by atoms with Crippen molar-refractivity contribution in [2.24, 2.45) is 17.3 Å². The maximum Gasteiger partial charge on any atom is 0.321 e. The van der Waals surface area contributed by atoms with Gasteiger partial charge in [0.1, 0.15) is 0 Å². The molecule has 0 unspecified atom stereocenters. The molecule has 2 N–H and O–H groups in total. The van der Waals surface area contributed by atoms with E-state index in [1.165, 1.54) is 7.05 Å².